The summed E-state index contributed by atoms with van der Waals surface area (Å²) in [5.41, 5.74) is 1.17. The molecular weight excluding hydrogens is 400 g/mol. The number of non-ortho nitro benzene ring substituents is 1. The van der Waals surface area contributed by atoms with Gasteiger partial charge in [-0.3, -0.25) is 10.1 Å². The van der Waals surface area contributed by atoms with Crippen LogP contribution in [-0.4, -0.2) is 19.9 Å². The van der Waals surface area contributed by atoms with Crippen molar-refractivity contribution in [3.63, 3.8) is 0 Å². The molecular formula is C21H12N6O4. The summed E-state index contributed by atoms with van der Waals surface area (Å²) in [5.74, 6) is 0.384. The van der Waals surface area contributed by atoms with Crippen molar-refractivity contribution in [1.82, 2.24) is 15.0 Å². The van der Waals surface area contributed by atoms with E-state index in [1.807, 2.05) is 0 Å². The zero-order valence-electron chi connectivity index (χ0n) is 15.7. The second kappa shape index (κ2) is 8.33. The van der Waals surface area contributed by atoms with E-state index in [0.717, 1.165) is 0 Å². The van der Waals surface area contributed by atoms with E-state index >= 15 is 0 Å². The summed E-state index contributed by atoms with van der Waals surface area (Å²) in [7, 11) is 0. The summed E-state index contributed by atoms with van der Waals surface area (Å²) < 4.78 is 0. The molecule has 31 heavy (non-hydrogen) atoms. The maximum atomic E-state index is 11.3. The minimum Gasteiger partial charge on any atom is -0.258 e. The molecule has 0 spiro atoms. The van der Waals surface area contributed by atoms with E-state index in [-0.39, 0.29) is 34.5 Å². The first-order chi connectivity index (χ1) is 15.1. The maximum Gasteiger partial charge on any atom is 0.270 e. The van der Waals surface area contributed by atoms with Gasteiger partial charge >= 0.3 is 0 Å². The molecule has 0 aliphatic rings. The molecule has 10 nitrogen and oxygen atoms in total. The third-order valence-electron chi connectivity index (χ3n) is 4.44. The number of nitrogens with zero attached hydrogens (tertiary/aromatic N) is 6. The Hall–Kier alpha value is -4.73. The lowest BCUT2D eigenvalue weighted by molar-refractivity contribution is -0.384. The molecule has 0 saturated carbocycles. The predicted octanol–water partition coefficient (Wildman–Crippen LogP) is 5.58. The van der Waals surface area contributed by atoms with Gasteiger partial charge in [-0.2, -0.15) is 0 Å². The number of nitro groups is 1. The highest BCUT2D eigenvalue weighted by Crippen LogP contribution is 2.33. The fraction of sp³-hybridized carbons (Fsp3) is 0. The Morgan fingerprint density at radius 2 is 1.19 bits per heavy atom. The molecule has 3 aromatic carbocycles. The third-order valence-corrected chi connectivity index (χ3v) is 4.44. The highest BCUT2D eigenvalue weighted by Gasteiger charge is 2.18. The molecule has 0 amide bonds. The Morgan fingerprint density at radius 3 is 1.71 bits per heavy atom. The molecule has 1 aromatic heterocycles. The van der Waals surface area contributed by atoms with Crippen LogP contribution in [0.1, 0.15) is 0 Å². The Morgan fingerprint density at radius 1 is 0.677 bits per heavy atom. The molecule has 10 heteroatoms. The minimum atomic E-state index is -0.524. The van der Waals surface area contributed by atoms with E-state index in [0.29, 0.717) is 16.7 Å². The fourth-order valence-electron chi connectivity index (χ4n) is 2.99. The third kappa shape index (κ3) is 3.90. The van der Waals surface area contributed by atoms with Crippen LogP contribution in [0, 0.1) is 19.9 Å². The summed E-state index contributed by atoms with van der Waals surface area (Å²) in [5, 5.41) is 17.2. The van der Waals surface area contributed by atoms with Gasteiger partial charge in [0.2, 0.25) is 0 Å². The molecule has 0 aliphatic heterocycles. The van der Waals surface area contributed by atoms with Gasteiger partial charge in [-0.25, -0.2) is 15.0 Å². The second-order valence-electron chi connectivity index (χ2n) is 6.33. The highest BCUT2D eigenvalue weighted by molar-refractivity contribution is 5.77. The normalized spacial score (nSPS) is 10.5. The topological polar surface area (TPSA) is 141 Å². The Kier molecular flexibility index (Phi) is 5.26. The number of hydrogen-bond acceptors (Lipinski definition) is 9. The molecule has 0 N–H and O–H groups in total. The zero-order chi connectivity index (χ0) is 21.8. The second-order valence-corrected chi connectivity index (χ2v) is 6.33. The van der Waals surface area contributed by atoms with Crippen LogP contribution in [0.5, 0.6) is 0 Å². The average molecular weight is 412 g/mol. The quantitative estimate of drug-likeness (QED) is 0.229. The molecule has 0 unspecified atom stereocenters. The lowest BCUT2D eigenvalue weighted by Crippen LogP contribution is -2.01. The molecule has 150 valence electrons. The molecule has 1 heterocycles. The van der Waals surface area contributed by atoms with Crippen molar-refractivity contribution in [3.05, 3.63) is 92.7 Å². The summed E-state index contributed by atoms with van der Waals surface area (Å²) in [6.07, 6.45) is 0. The Balaban J connectivity index is 1.99. The largest absolute Gasteiger partial charge is 0.270 e. The van der Waals surface area contributed by atoms with Crippen LogP contribution in [0.25, 0.3) is 34.2 Å². The van der Waals surface area contributed by atoms with Gasteiger partial charge in [-0.15, -0.1) is 9.81 Å². The number of aromatic nitrogens is 3. The number of rotatable bonds is 6. The molecule has 0 aliphatic carbocycles. The summed E-state index contributed by atoms with van der Waals surface area (Å²) in [4.78, 5) is 46.5. The number of nitroso groups, excluding NO2 is 2. The molecule has 0 atom stereocenters. The van der Waals surface area contributed by atoms with Crippen LogP contribution >= 0.6 is 0 Å². The monoisotopic (exact) mass is 412 g/mol. The van der Waals surface area contributed by atoms with Crippen molar-refractivity contribution in [2.45, 2.75) is 0 Å². The van der Waals surface area contributed by atoms with E-state index in [9.17, 15) is 19.9 Å². The van der Waals surface area contributed by atoms with Crippen LogP contribution in [0.2, 0.25) is 0 Å². The fourth-order valence-corrected chi connectivity index (χ4v) is 2.99. The first kappa shape index (κ1) is 19.6. The zero-order valence-corrected chi connectivity index (χ0v) is 15.7. The van der Waals surface area contributed by atoms with Gasteiger partial charge in [0, 0.05) is 28.8 Å². The van der Waals surface area contributed by atoms with E-state index in [2.05, 4.69) is 25.3 Å². The number of hydrogen-bond donors (Lipinski definition) is 0. The molecule has 0 fully saturated rings. The van der Waals surface area contributed by atoms with Gasteiger partial charge < -0.3 is 0 Å². The van der Waals surface area contributed by atoms with Crippen molar-refractivity contribution < 1.29 is 4.92 Å². The first-order valence-corrected chi connectivity index (χ1v) is 8.97. The molecule has 4 rings (SSSR count). The van der Waals surface area contributed by atoms with Crippen LogP contribution < -0.4 is 0 Å². The molecule has 4 aromatic rings. The van der Waals surface area contributed by atoms with Crippen LogP contribution in [0.4, 0.5) is 17.1 Å². The summed E-state index contributed by atoms with van der Waals surface area (Å²) in [6.45, 7) is 0. The molecule has 0 saturated heterocycles. The standard InChI is InChI=1S/C21H12N6O4/c28-25-17-10-3-1-8-15(17)20-22-19(13-6-5-7-14(12-13)27(30)31)23-21(24-20)16-9-2-4-11-18(16)26-29/h1-12H. The van der Waals surface area contributed by atoms with Gasteiger partial charge in [0.15, 0.2) is 17.5 Å². The van der Waals surface area contributed by atoms with Crippen LogP contribution in [0.15, 0.2) is 83.2 Å². The lowest BCUT2D eigenvalue weighted by Gasteiger charge is -2.09. The average Bonchev–Trinajstić information content (AvgIpc) is 2.83. The maximum absolute atomic E-state index is 11.3. The van der Waals surface area contributed by atoms with E-state index in [1.54, 1.807) is 42.5 Å². The minimum absolute atomic E-state index is 0.117. The Bertz CT molecular complexity index is 1260. The molecule has 0 radical (unpaired) electrons. The summed E-state index contributed by atoms with van der Waals surface area (Å²) in [6, 6.07) is 18.8. The smallest absolute Gasteiger partial charge is 0.258 e. The van der Waals surface area contributed by atoms with Crippen molar-refractivity contribution in [1.29, 1.82) is 0 Å². The van der Waals surface area contributed by atoms with E-state index in [1.165, 1.54) is 30.3 Å². The Labute approximate surface area is 174 Å². The number of nitro benzene ring substituents is 1. The van der Waals surface area contributed by atoms with Gasteiger partial charge in [-0.05, 0) is 34.6 Å². The van der Waals surface area contributed by atoms with Crippen LogP contribution in [0.3, 0.4) is 0 Å². The van der Waals surface area contributed by atoms with Crippen molar-refractivity contribution in [2.24, 2.45) is 10.4 Å². The van der Waals surface area contributed by atoms with Crippen molar-refractivity contribution >= 4 is 17.1 Å². The van der Waals surface area contributed by atoms with E-state index in [4.69, 9.17) is 0 Å². The van der Waals surface area contributed by atoms with Gasteiger partial charge in [0.05, 0.1) is 4.92 Å². The highest BCUT2D eigenvalue weighted by atomic mass is 16.6. The lowest BCUT2D eigenvalue weighted by atomic mass is 10.1. The van der Waals surface area contributed by atoms with E-state index < -0.39 is 4.92 Å². The van der Waals surface area contributed by atoms with Gasteiger partial charge in [0.1, 0.15) is 11.4 Å². The van der Waals surface area contributed by atoms with Crippen molar-refractivity contribution in [2.75, 3.05) is 0 Å². The number of benzene rings is 3. The van der Waals surface area contributed by atoms with Crippen LogP contribution in [-0.2, 0) is 0 Å². The van der Waals surface area contributed by atoms with Gasteiger partial charge in [0.25, 0.3) is 5.69 Å². The molecule has 0 bridgehead atoms. The summed E-state index contributed by atoms with van der Waals surface area (Å²) >= 11 is 0. The predicted molar refractivity (Wildman–Crippen MR) is 114 cm³/mol. The first-order valence-electron chi connectivity index (χ1n) is 8.97. The van der Waals surface area contributed by atoms with Crippen molar-refractivity contribution in [3.8, 4) is 34.2 Å². The SMILES string of the molecule is O=Nc1ccccc1-c1nc(-c2cccc([N+](=O)[O-])c2)nc(-c2ccccc2N=O)n1. The van der Waals surface area contributed by atoms with Gasteiger partial charge in [-0.1, -0.05) is 36.4 Å².